The van der Waals surface area contributed by atoms with Crippen LogP contribution < -0.4 is 5.32 Å². The molecule has 0 aromatic heterocycles. The molecule has 6 nitrogen and oxygen atoms in total. The zero-order valence-electron chi connectivity index (χ0n) is 14.6. The second-order valence-corrected chi connectivity index (χ2v) is 6.63. The number of fused-ring (bicyclic) bond motifs is 3. The summed E-state index contributed by atoms with van der Waals surface area (Å²) in [5.74, 6) is -1.45. The van der Waals surface area contributed by atoms with Crippen LogP contribution in [0.3, 0.4) is 0 Å². The smallest absolute Gasteiger partial charge is 0.408 e. The highest BCUT2D eigenvalue weighted by atomic mass is 16.5. The molecule has 0 radical (unpaired) electrons. The Morgan fingerprint density at radius 1 is 1.12 bits per heavy atom. The fourth-order valence-electron chi connectivity index (χ4n) is 3.18. The molecule has 2 aromatic rings. The van der Waals surface area contributed by atoms with E-state index in [4.69, 9.17) is 4.74 Å². The van der Waals surface area contributed by atoms with Gasteiger partial charge in [0.2, 0.25) is 0 Å². The number of nitrogens with one attached hydrogen (secondary N) is 1. The van der Waals surface area contributed by atoms with Crippen molar-refractivity contribution < 1.29 is 24.5 Å². The molecule has 3 N–H and O–H groups in total. The number of aliphatic carboxylic acids is 1. The number of aliphatic hydroxyl groups is 1. The molecule has 0 aliphatic heterocycles. The number of rotatable bonds is 5. The lowest BCUT2D eigenvalue weighted by molar-refractivity contribution is -0.148. The number of carboxylic acids is 1. The normalized spacial score (nSPS) is 16.1. The maximum absolute atomic E-state index is 12.1. The second-order valence-electron chi connectivity index (χ2n) is 6.63. The monoisotopic (exact) mass is 355 g/mol. The number of aliphatic hydroxyl groups excluding tert-OH is 1. The summed E-state index contributed by atoms with van der Waals surface area (Å²) in [5, 5.41) is 21.2. The van der Waals surface area contributed by atoms with Crippen LogP contribution in [0.5, 0.6) is 0 Å². The Bertz CT molecular complexity index is 802. The standard InChI is InChI=1S/C20H21NO5/c1-12(22)20(2,18(23)24)21-19(25)26-11-17-15-9-5-3-7-13(15)14-8-4-6-10-16(14)17/h3-10,12,17,22H,11H2,1-2H3,(H,21,25)(H,23,24)/t12-,20?/m1/s1. The van der Waals surface area contributed by atoms with E-state index in [0.717, 1.165) is 22.3 Å². The summed E-state index contributed by atoms with van der Waals surface area (Å²) in [6, 6.07) is 15.9. The Balaban J connectivity index is 1.76. The Hall–Kier alpha value is -2.86. The minimum atomic E-state index is -1.82. The van der Waals surface area contributed by atoms with E-state index in [1.54, 1.807) is 0 Å². The van der Waals surface area contributed by atoms with E-state index in [1.807, 2.05) is 48.5 Å². The lowest BCUT2D eigenvalue weighted by Gasteiger charge is -2.28. The van der Waals surface area contributed by atoms with Gasteiger partial charge in [-0.15, -0.1) is 0 Å². The molecule has 6 heteroatoms. The van der Waals surface area contributed by atoms with Gasteiger partial charge in [-0.3, -0.25) is 0 Å². The average Bonchev–Trinajstić information content (AvgIpc) is 2.93. The molecule has 1 aliphatic carbocycles. The summed E-state index contributed by atoms with van der Waals surface area (Å²) in [5.41, 5.74) is 2.53. The predicted octanol–water partition coefficient (Wildman–Crippen LogP) is 2.75. The third-order valence-corrected chi connectivity index (χ3v) is 4.99. The fraction of sp³-hybridized carbons (Fsp3) is 0.300. The first-order valence-electron chi connectivity index (χ1n) is 8.39. The number of amides is 1. The van der Waals surface area contributed by atoms with Gasteiger partial charge in [0.15, 0.2) is 5.54 Å². The highest BCUT2D eigenvalue weighted by molar-refractivity contribution is 5.84. The first-order chi connectivity index (χ1) is 12.3. The van der Waals surface area contributed by atoms with Gasteiger partial charge in [0.05, 0.1) is 6.10 Å². The van der Waals surface area contributed by atoms with Crippen molar-refractivity contribution in [2.24, 2.45) is 0 Å². The van der Waals surface area contributed by atoms with E-state index in [1.165, 1.54) is 13.8 Å². The molecule has 0 bridgehead atoms. The molecule has 26 heavy (non-hydrogen) atoms. The molecule has 2 aromatic carbocycles. The molecule has 1 aliphatic rings. The summed E-state index contributed by atoms with van der Waals surface area (Å²) in [4.78, 5) is 23.5. The number of benzene rings is 2. The van der Waals surface area contributed by atoms with Crippen LogP contribution in [0, 0.1) is 0 Å². The molecule has 3 rings (SSSR count). The second kappa shape index (κ2) is 6.80. The Kier molecular flexibility index (Phi) is 4.70. The first kappa shape index (κ1) is 17.9. The summed E-state index contributed by atoms with van der Waals surface area (Å²) >= 11 is 0. The van der Waals surface area contributed by atoms with Crippen molar-refractivity contribution in [3.63, 3.8) is 0 Å². The largest absolute Gasteiger partial charge is 0.479 e. The topological polar surface area (TPSA) is 95.9 Å². The van der Waals surface area contributed by atoms with Gasteiger partial charge >= 0.3 is 12.1 Å². The van der Waals surface area contributed by atoms with Crippen molar-refractivity contribution >= 4 is 12.1 Å². The fourth-order valence-corrected chi connectivity index (χ4v) is 3.18. The van der Waals surface area contributed by atoms with Gasteiger partial charge in [-0.25, -0.2) is 9.59 Å². The van der Waals surface area contributed by atoms with E-state index < -0.39 is 23.7 Å². The zero-order chi connectivity index (χ0) is 18.9. The van der Waals surface area contributed by atoms with Crippen LogP contribution in [-0.4, -0.2) is 40.5 Å². The van der Waals surface area contributed by atoms with Gasteiger partial charge in [0.1, 0.15) is 6.61 Å². The molecule has 136 valence electrons. The summed E-state index contributed by atoms with van der Waals surface area (Å²) in [6.07, 6.45) is -2.15. The van der Waals surface area contributed by atoms with E-state index in [-0.39, 0.29) is 12.5 Å². The van der Waals surface area contributed by atoms with Crippen LogP contribution >= 0.6 is 0 Å². The average molecular weight is 355 g/mol. The summed E-state index contributed by atoms with van der Waals surface area (Å²) in [7, 11) is 0. The van der Waals surface area contributed by atoms with Gasteiger partial charge in [0.25, 0.3) is 0 Å². The van der Waals surface area contributed by atoms with Gasteiger partial charge in [-0.1, -0.05) is 48.5 Å². The van der Waals surface area contributed by atoms with Crippen molar-refractivity contribution in [1.29, 1.82) is 0 Å². The Labute approximate surface area is 151 Å². The van der Waals surface area contributed by atoms with Crippen molar-refractivity contribution in [3.05, 3.63) is 59.7 Å². The lowest BCUT2D eigenvalue weighted by Crippen LogP contribution is -2.59. The molecule has 0 fully saturated rings. The third kappa shape index (κ3) is 3.04. The SMILES string of the molecule is C[C@@H](O)C(C)(NC(=O)OCC1c2ccccc2-c2ccccc21)C(=O)O. The molecule has 2 atom stereocenters. The Morgan fingerprint density at radius 3 is 2.08 bits per heavy atom. The van der Waals surface area contributed by atoms with Crippen LogP contribution in [0.1, 0.15) is 30.9 Å². The molecule has 0 heterocycles. The van der Waals surface area contributed by atoms with Crippen LogP contribution in [-0.2, 0) is 9.53 Å². The predicted molar refractivity (Wildman–Crippen MR) is 95.9 cm³/mol. The zero-order valence-corrected chi connectivity index (χ0v) is 14.6. The van der Waals surface area contributed by atoms with Crippen LogP contribution in [0.15, 0.2) is 48.5 Å². The molecule has 0 saturated heterocycles. The number of carbonyl (C=O) groups is 2. The molecule has 1 amide bonds. The number of ether oxygens (including phenoxy) is 1. The maximum Gasteiger partial charge on any atom is 0.408 e. The van der Waals surface area contributed by atoms with Crippen molar-refractivity contribution in [1.82, 2.24) is 5.32 Å². The highest BCUT2D eigenvalue weighted by Gasteiger charge is 2.40. The van der Waals surface area contributed by atoms with Crippen LogP contribution in [0.4, 0.5) is 4.79 Å². The number of carboxylic acid groups (broad SMARTS) is 1. The van der Waals surface area contributed by atoms with E-state index >= 15 is 0 Å². The van der Waals surface area contributed by atoms with Crippen molar-refractivity contribution in [2.75, 3.05) is 6.61 Å². The number of hydrogen-bond donors (Lipinski definition) is 3. The number of carbonyl (C=O) groups excluding carboxylic acids is 1. The van der Waals surface area contributed by atoms with Crippen molar-refractivity contribution in [2.45, 2.75) is 31.4 Å². The van der Waals surface area contributed by atoms with E-state index in [2.05, 4.69) is 5.32 Å². The molecule has 0 saturated carbocycles. The van der Waals surface area contributed by atoms with Gasteiger partial charge < -0.3 is 20.3 Å². The van der Waals surface area contributed by atoms with Gasteiger partial charge in [-0.05, 0) is 36.1 Å². The molecule has 0 spiro atoms. The van der Waals surface area contributed by atoms with Crippen LogP contribution in [0.25, 0.3) is 11.1 Å². The minimum absolute atomic E-state index is 0.0787. The van der Waals surface area contributed by atoms with Crippen LogP contribution in [0.2, 0.25) is 0 Å². The molecule has 1 unspecified atom stereocenters. The van der Waals surface area contributed by atoms with Crippen molar-refractivity contribution in [3.8, 4) is 11.1 Å². The maximum atomic E-state index is 12.1. The quantitative estimate of drug-likeness (QED) is 0.766. The first-order valence-corrected chi connectivity index (χ1v) is 8.39. The number of alkyl carbamates (subject to hydrolysis) is 1. The van der Waals surface area contributed by atoms with E-state index in [9.17, 15) is 19.8 Å². The number of hydrogen-bond acceptors (Lipinski definition) is 4. The van der Waals surface area contributed by atoms with Gasteiger partial charge in [0, 0.05) is 5.92 Å². The lowest BCUT2D eigenvalue weighted by atomic mass is 9.96. The van der Waals surface area contributed by atoms with Gasteiger partial charge in [-0.2, -0.15) is 0 Å². The highest BCUT2D eigenvalue weighted by Crippen LogP contribution is 2.44. The summed E-state index contributed by atoms with van der Waals surface area (Å²) in [6.45, 7) is 2.62. The molecular weight excluding hydrogens is 334 g/mol. The minimum Gasteiger partial charge on any atom is -0.479 e. The molecular formula is C20H21NO5. The third-order valence-electron chi connectivity index (χ3n) is 4.99. The van der Waals surface area contributed by atoms with E-state index in [0.29, 0.717) is 0 Å². The Morgan fingerprint density at radius 2 is 1.62 bits per heavy atom. The summed E-state index contributed by atoms with van der Waals surface area (Å²) < 4.78 is 5.31.